The van der Waals surface area contributed by atoms with Gasteiger partial charge in [-0.2, -0.15) is 0 Å². The molecule has 0 spiro atoms. The lowest BCUT2D eigenvalue weighted by molar-refractivity contribution is 0.0696. The summed E-state index contributed by atoms with van der Waals surface area (Å²) >= 11 is 1.14. The molecule has 2 aromatic rings. The maximum atomic E-state index is 10.6. The summed E-state index contributed by atoms with van der Waals surface area (Å²) in [5.74, 6) is -0.983. The number of thiazole rings is 1. The molecule has 2 aromatic heterocycles. The number of carboxylic acids is 1. The Morgan fingerprint density at radius 2 is 2.47 bits per heavy atom. The van der Waals surface area contributed by atoms with Crippen molar-refractivity contribution in [2.24, 2.45) is 0 Å². The first-order chi connectivity index (χ1) is 8.25. The van der Waals surface area contributed by atoms with Gasteiger partial charge in [0.15, 0.2) is 0 Å². The van der Waals surface area contributed by atoms with Crippen molar-refractivity contribution in [1.82, 2.24) is 25.3 Å². The highest BCUT2D eigenvalue weighted by Crippen LogP contribution is 2.08. The van der Waals surface area contributed by atoms with Crippen LogP contribution in [0.1, 0.15) is 15.5 Å². The number of carboxylic acid groups (broad SMARTS) is 1. The Hall–Kier alpha value is -1.80. The van der Waals surface area contributed by atoms with E-state index in [4.69, 9.17) is 5.11 Å². The SMILES string of the molecule is O=C(O)c1nc(CNCCn2ccnn2)cs1. The Labute approximate surface area is 101 Å². The largest absolute Gasteiger partial charge is 0.476 e. The minimum absolute atomic E-state index is 0.123. The van der Waals surface area contributed by atoms with Gasteiger partial charge in [-0.15, -0.1) is 16.4 Å². The lowest BCUT2D eigenvalue weighted by Gasteiger charge is -2.01. The molecule has 2 N–H and O–H groups in total. The third kappa shape index (κ3) is 3.33. The zero-order valence-electron chi connectivity index (χ0n) is 8.91. The molecule has 0 bridgehead atoms. The number of hydrogen-bond donors (Lipinski definition) is 2. The summed E-state index contributed by atoms with van der Waals surface area (Å²) in [5, 5.41) is 21.2. The van der Waals surface area contributed by atoms with Gasteiger partial charge < -0.3 is 10.4 Å². The van der Waals surface area contributed by atoms with Crippen molar-refractivity contribution in [2.75, 3.05) is 6.54 Å². The van der Waals surface area contributed by atoms with Crippen LogP contribution in [-0.2, 0) is 13.1 Å². The van der Waals surface area contributed by atoms with E-state index in [0.717, 1.165) is 30.1 Å². The van der Waals surface area contributed by atoms with E-state index in [1.165, 1.54) is 0 Å². The molecule has 0 aliphatic rings. The first-order valence-electron chi connectivity index (χ1n) is 4.98. The van der Waals surface area contributed by atoms with E-state index in [1.54, 1.807) is 22.5 Å². The molecule has 0 unspecified atom stereocenters. The molecule has 0 aliphatic carbocycles. The lowest BCUT2D eigenvalue weighted by atomic mass is 10.4. The number of hydrogen-bond acceptors (Lipinski definition) is 6. The van der Waals surface area contributed by atoms with Gasteiger partial charge in [0.25, 0.3) is 0 Å². The van der Waals surface area contributed by atoms with E-state index in [9.17, 15) is 4.79 Å². The van der Waals surface area contributed by atoms with E-state index >= 15 is 0 Å². The van der Waals surface area contributed by atoms with E-state index in [1.807, 2.05) is 0 Å². The molecular formula is C9H11N5O2S. The molecule has 7 nitrogen and oxygen atoms in total. The van der Waals surface area contributed by atoms with Crippen LogP contribution < -0.4 is 5.32 Å². The van der Waals surface area contributed by atoms with Crippen molar-refractivity contribution in [3.05, 3.63) is 28.5 Å². The summed E-state index contributed by atoms with van der Waals surface area (Å²) in [6, 6.07) is 0. The van der Waals surface area contributed by atoms with Crippen molar-refractivity contribution in [2.45, 2.75) is 13.1 Å². The van der Waals surface area contributed by atoms with E-state index in [-0.39, 0.29) is 5.01 Å². The molecule has 0 radical (unpaired) electrons. The Morgan fingerprint density at radius 3 is 3.12 bits per heavy atom. The fourth-order valence-corrected chi connectivity index (χ4v) is 1.90. The second kappa shape index (κ2) is 5.51. The predicted molar refractivity (Wildman–Crippen MR) is 60.8 cm³/mol. The minimum Gasteiger partial charge on any atom is -0.476 e. The van der Waals surface area contributed by atoms with Crippen LogP contribution in [0.5, 0.6) is 0 Å². The standard InChI is InChI=1S/C9H11N5O2S/c15-9(16)8-12-7(6-17-8)5-10-1-3-14-4-2-11-13-14/h2,4,6,10H,1,3,5H2,(H,15,16). The van der Waals surface area contributed by atoms with Gasteiger partial charge in [0, 0.05) is 24.7 Å². The lowest BCUT2D eigenvalue weighted by Crippen LogP contribution is -2.20. The van der Waals surface area contributed by atoms with Crippen LogP contribution in [0.2, 0.25) is 0 Å². The van der Waals surface area contributed by atoms with Gasteiger partial charge >= 0.3 is 5.97 Å². The second-order valence-corrected chi connectivity index (χ2v) is 4.15. The average Bonchev–Trinajstić information content (AvgIpc) is 2.96. The summed E-state index contributed by atoms with van der Waals surface area (Å²) in [6.07, 6.45) is 3.41. The topological polar surface area (TPSA) is 92.9 Å². The fraction of sp³-hybridized carbons (Fsp3) is 0.333. The van der Waals surface area contributed by atoms with Gasteiger partial charge in [-0.05, 0) is 0 Å². The minimum atomic E-state index is -0.983. The summed E-state index contributed by atoms with van der Waals surface area (Å²) in [4.78, 5) is 14.6. The van der Waals surface area contributed by atoms with Gasteiger partial charge in [-0.25, -0.2) is 9.78 Å². The first-order valence-corrected chi connectivity index (χ1v) is 5.86. The van der Waals surface area contributed by atoms with Gasteiger partial charge in [0.2, 0.25) is 5.01 Å². The van der Waals surface area contributed by atoms with Crippen molar-refractivity contribution < 1.29 is 9.90 Å². The van der Waals surface area contributed by atoms with Crippen molar-refractivity contribution in [3.8, 4) is 0 Å². The predicted octanol–water partition coefficient (Wildman–Crippen LogP) is 0.223. The summed E-state index contributed by atoms with van der Waals surface area (Å²) in [7, 11) is 0. The van der Waals surface area contributed by atoms with E-state index in [2.05, 4.69) is 20.6 Å². The van der Waals surface area contributed by atoms with E-state index in [0.29, 0.717) is 6.54 Å². The number of nitrogens with one attached hydrogen (secondary N) is 1. The third-order valence-corrected chi connectivity index (χ3v) is 2.91. The maximum absolute atomic E-state index is 10.6. The molecule has 0 fully saturated rings. The van der Waals surface area contributed by atoms with Crippen molar-refractivity contribution in [3.63, 3.8) is 0 Å². The van der Waals surface area contributed by atoms with Gasteiger partial charge in [-0.3, -0.25) is 4.68 Å². The molecule has 2 heterocycles. The molecule has 0 saturated carbocycles. The zero-order valence-corrected chi connectivity index (χ0v) is 9.72. The molecule has 0 saturated heterocycles. The fourth-order valence-electron chi connectivity index (χ4n) is 1.25. The van der Waals surface area contributed by atoms with E-state index < -0.39 is 5.97 Å². The van der Waals surface area contributed by atoms with Crippen LogP contribution in [0.4, 0.5) is 0 Å². The highest BCUT2D eigenvalue weighted by Gasteiger charge is 2.08. The zero-order chi connectivity index (χ0) is 12.1. The summed E-state index contributed by atoms with van der Waals surface area (Å²) in [5.41, 5.74) is 0.742. The van der Waals surface area contributed by atoms with Crippen LogP contribution in [0.3, 0.4) is 0 Å². The number of nitrogens with zero attached hydrogens (tertiary/aromatic N) is 4. The normalized spacial score (nSPS) is 10.6. The molecule has 0 aliphatic heterocycles. The van der Waals surface area contributed by atoms with Crippen molar-refractivity contribution >= 4 is 17.3 Å². The quantitative estimate of drug-likeness (QED) is 0.715. The van der Waals surface area contributed by atoms with Crippen molar-refractivity contribution in [1.29, 1.82) is 0 Å². The number of carbonyl (C=O) groups is 1. The molecule has 90 valence electrons. The second-order valence-electron chi connectivity index (χ2n) is 3.29. The third-order valence-electron chi connectivity index (χ3n) is 2.03. The van der Waals surface area contributed by atoms with Crippen LogP contribution in [0, 0.1) is 0 Å². The molecule has 8 heteroatoms. The maximum Gasteiger partial charge on any atom is 0.365 e. The number of aromatic carboxylic acids is 1. The molecule has 0 amide bonds. The van der Waals surface area contributed by atoms with Gasteiger partial charge in [0.1, 0.15) is 0 Å². The monoisotopic (exact) mass is 253 g/mol. The molecule has 0 aromatic carbocycles. The Morgan fingerprint density at radius 1 is 1.59 bits per heavy atom. The van der Waals surface area contributed by atoms with Crippen LogP contribution in [0.25, 0.3) is 0 Å². The first kappa shape index (κ1) is 11.7. The van der Waals surface area contributed by atoms with Gasteiger partial charge in [-0.1, -0.05) is 5.21 Å². The summed E-state index contributed by atoms with van der Waals surface area (Å²) in [6.45, 7) is 2.00. The Kier molecular flexibility index (Phi) is 3.78. The molecular weight excluding hydrogens is 242 g/mol. The van der Waals surface area contributed by atoms with Gasteiger partial charge in [0.05, 0.1) is 18.4 Å². The molecule has 0 atom stereocenters. The molecule has 2 rings (SSSR count). The van der Waals surface area contributed by atoms with Crippen LogP contribution >= 0.6 is 11.3 Å². The molecule has 17 heavy (non-hydrogen) atoms. The average molecular weight is 253 g/mol. The number of rotatable bonds is 6. The van der Waals surface area contributed by atoms with Crippen LogP contribution in [-0.4, -0.2) is 37.6 Å². The van der Waals surface area contributed by atoms with Crippen LogP contribution in [0.15, 0.2) is 17.8 Å². The highest BCUT2D eigenvalue weighted by atomic mass is 32.1. The smallest absolute Gasteiger partial charge is 0.365 e. The summed E-state index contributed by atoms with van der Waals surface area (Å²) < 4.78 is 1.72. The Bertz CT molecular complexity index is 481. The highest BCUT2D eigenvalue weighted by molar-refractivity contribution is 7.11. The number of aromatic nitrogens is 4. The Balaban J connectivity index is 1.72.